The molecule has 0 fully saturated rings. The van der Waals surface area contributed by atoms with Crippen molar-refractivity contribution in [2.24, 2.45) is 0 Å². The van der Waals surface area contributed by atoms with E-state index in [0.29, 0.717) is 28.5 Å². The first-order valence-electron chi connectivity index (χ1n) is 11.0. The van der Waals surface area contributed by atoms with Gasteiger partial charge in [0.1, 0.15) is 5.75 Å². The van der Waals surface area contributed by atoms with Gasteiger partial charge in [-0.25, -0.2) is 4.98 Å². The van der Waals surface area contributed by atoms with Crippen LogP contribution in [0.2, 0.25) is 0 Å². The minimum absolute atomic E-state index is 0.0297. The van der Waals surface area contributed by atoms with Gasteiger partial charge in [-0.3, -0.25) is 24.3 Å². The summed E-state index contributed by atoms with van der Waals surface area (Å²) in [5.41, 5.74) is 0.884. The van der Waals surface area contributed by atoms with Crippen LogP contribution >= 0.6 is 23.1 Å². The van der Waals surface area contributed by atoms with Crippen LogP contribution < -0.4 is 15.4 Å². The van der Waals surface area contributed by atoms with Crippen molar-refractivity contribution in [3.8, 4) is 11.4 Å². The van der Waals surface area contributed by atoms with Crippen molar-refractivity contribution in [2.75, 3.05) is 17.7 Å². The Morgan fingerprint density at radius 3 is 2.54 bits per heavy atom. The molecule has 0 aliphatic heterocycles. The molecule has 14 heteroatoms. The number of ether oxygens (including phenoxy) is 1. The molecule has 0 spiro atoms. The number of hydrogen-bond donors (Lipinski definition) is 2. The SMILES string of the molecule is CCOc1ccc(-n2c(CNC(=O)c3ccc([N+](=O)[O-])cc3)nnc2SCC(=O)Nc2nccs2)cc1. The summed E-state index contributed by atoms with van der Waals surface area (Å²) in [4.78, 5) is 39.3. The van der Waals surface area contributed by atoms with Crippen molar-refractivity contribution in [1.82, 2.24) is 25.1 Å². The molecule has 2 aromatic carbocycles. The number of aromatic nitrogens is 4. The highest BCUT2D eigenvalue weighted by Gasteiger charge is 2.18. The van der Waals surface area contributed by atoms with E-state index in [1.54, 1.807) is 16.1 Å². The molecule has 0 saturated carbocycles. The Kier molecular flexibility index (Phi) is 8.43. The van der Waals surface area contributed by atoms with Crippen molar-refractivity contribution in [2.45, 2.75) is 18.6 Å². The summed E-state index contributed by atoms with van der Waals surface area (Å²) < 4.78 is 7.26. The summed E-state index contributed by atoms with van der Waals surface area (Å²) in [6.45, 7) is 2.45. The second-order valence-electron chi connectivity index (χ2n) is 7.32. The summed E-state index contributed by atoms with van der Waals surface area (Å²) in [6, 6.07) is 12.6. The van der Waals surface area contributed by atoms with Gasteiger partial charge in [0, 0.05) is 35.0 Å². The molecule has 2 aromatic heterocycles. The van der Waals surface area contributed by atoms with Crippen LogP contribution in [0.1, 0.15) is 23.1 Å². The maximum Gasteiger partial charge on any atom is 0.269 e. The van der Waals surface area contributed by atoms with Crippen LogP contribution in [0.25, 0.3) is 5.69 Å². The van der Waals surface area contributed by atoms with Crippen LogP contribution in [-0.2, 0) is 11.3 Å². The molecule has 4 rings (SSSR count). The van der Waals surface area contributed by atoms with Gasteiger partial charge in [-0.2, -0.15) is 0 Å². The number of non-ortho nitro benzene ring substituents is 1. The molecule has 0 aliphatic rings. The smallest absolute Gasteiger partial charge is 0.269 e. The third-order valence-electron chi connectivity index (χ3n) is 4.86. The van der Waals surface area contributed by atoms with Crippen molar-refractivity contribution in [3.05, 3.63) is 81.6 Å². The fourth-order valence-electron chi connectivity index (χ4n) is 3.19. The highest BCUT2D eigenvalue weighted by molar-refractivity contribution is 7.99. The van der Waals surface area contributed by atoms with E-state index in [2.05, 4.69) is 25.8 Å². The van der Waals surface area contributed by atoms with Gasteiger partial charge >= 0.3 is 0 Å². The zero-order valence-corrected chi connectivity index (χ0v) is 21.1. The lowest BCUT2D eigenvalue weighted by molar-refractivity contribution is -0.384. The highest BCUT2D eigenvalue weighted by atomic mass is 32.2. The molecule has 2 heterocycles. The average molecular weight is 540 g/mol. The van der Waals surface area contributed by atoms with Gasteiger partial charge in [-0.1, -0.05) is 11.8 Å². The minimum Gasteiger partial charge on any atom is -0.494 e. The largest absolute Gasteiger partial charge is 0.494 e. The van der Waals surface area contributed by atoms with E-state index in [-0.39, 0.29) is 29.5 Å². The van der Waals surface area contributed by atoms with E-state index in [4.69, 9.17) is 4.74 Å². The van der Waals surface area contributed by atoms with Gasteiger partial charge in [-0.05, 0) is 43.3 Å². The first-order valence-corrected chi connectivity index (χ1v) is 12.8. The fraction of sp³-hybridized carbons (Fsp3) is 0.174. The molecule has 2 N–H and O–H groups in total. The lowest BCUT2D eigenvalue weighted by Crippen LogP contribution is -2.24. The molecule has 0 unspecified atom stereocenters. The van der Waals surface area contributed by atoms with E-state index in [0.717, 1.165) is 5.69 Å². The minimum atomic E-state index is -0.530. The third kappa shape index (κ3) is 6.68. The second kappa shape index (κ2) is 12.1. The lowest BCUT2D eigenvalue weighted by atomic mass is 10.2. The van der Waals surface area contributed by atoms with E-state index >= 15 is 0 Å². The number of nitro groups is 1. The monoisotopic (exact) mass is 539 g/mol. The Balaban J connectivity index is 1.51. The van der Waals surface area contributed by atoms with Crippen LogP contribution in [0.3, 0.4) is 0 Å². The summed E-state index contributed by atoms with van der Waals surface area (Å²) in [5, 5.41) is 27.5. The predicted octanol–water partition coefficient (Wildman–Crippen LogP) is 3.69. The first kappa shape index (κ1) is 25.8. The summed E-state index contributed by atoms with van der Waals surface area (Å²) in [5.74, 6) is 0.540. The fourth-order valence-corrected chi connectivity index (χ4v) is 4.51. The van der Waals surface area contributed by atoms with Crippen molar-refractivity contribution in [1.29, 1.82) is 0 Å². The Morgan fingerprint density at radius 2 is 1.89 bits per heavy atom. The van der Waals surface area contributed by atoms with Gasteiger partial charge in [-0.15, -0.1) is 21.5 Å². The summed E-state index contributed by atoms with van der Waals surface area (Å²) in [7, 11) is 0. The molecule has 0 atom stereocenters. The summed E-state index contributed by atoms with van der Waals surface area (Å²) in [6.07, 6.45) is 1.60. The Labute approximate surface area is 219 Å². The number of thiazole rings is 1. The van der Waals surface area contributed by atoms with E-state index in [1.807, 2.05) is 31.2 Å². The van der Waals surface area contributed by atoms with E-state index < -0.39 is 10.8 Å². The highest BCUT2D eigenvalue weighted by Crippen LogP contribution is 2.24. The average Bonchev–Trinajstić information content (AvgIpc) is 3.56. The van der Waals surface area contributed by atoms with Crippen LogP contribution in [0.4, 0.5) is 10.8 Å². The maximum absolute atomic E-state index is 12.6. The van der Waals surface area contributed by atoms with Gasteiger partial charge in [0.25, 0.3) is 11.6 Å². The molecule has 190 valence electrons. The third-order valence-corrected chi connectivity index (χ3v) is 6.48. The number of carbonyl (C=O) groups is 2. The molecule has 0 aliphatic carbocycles. The number of thioether (sulfide) groups is 1. The maximum atomic E-state index is 12.6. The molecule has 2 amide bonds. The van der Waals surface area contributed by atoms with Crippen molar-refractivity contribution in [3.63, 3.8) is 0 Å². The van der Waals surface area contributed by atoms with Crippen LogP contribution in [-0.4, -0.2) is 48.8 Å². The lowest BCUT2D eigenvalue weighted by Gasteiger charge is -2.12. The Morgan fingerprint density at radius 1 is 1.14 bits per heavy atom. The molecule has 0 radical (unpaired) electrons. The Bertz CT molecular complexity index is 1370. The topological polar surface area (TPSA) is 154 Å². The van der Waals surface area contributed by atoms with Crippen molar-refractivity contribution >= 4 is 45.7 Å². The number of nitrogens with zero attached hydrogens (tertiary/aromatic N) is 5. The number of nitro benzene ring substituents is 1. The molecule has 12 nitrogen and oxygen atoms in total. The molecular formula is C23H21N7O5S2. The number of hydrogen-bond acceptors (Lipinski definition) is 10. The molecule has 0 saturated heterocycles. The standard InChI is InChI=1S/C23H21N7O5S2/c1-2-35-18-9-7-16(8-10-18)29-19(13-25-21(32)15-3-5-17(6-4-15)30(33)34)27-28-23(29)37-14-20(31)26-22-24-11-12-36-22/h3-12H,2,13-14H2,1H3,(H,25,32)(H,24,26,31). The second-order valence-corrected chi connectivity index (χ2v) is 9.16. The van der Waals surface area contributed by atoms with E-state index in [1.165, 1.54) is 47.4 Å². The predicted molar refractivity (Wildman–Crippen MR) is 138 cm³/mol. The van der Waals surface area contributed by atoms with Gasteiger partial charge in [0.2, 0.25) is 5.91 Å². The van der Waals surface area contributed by atoms with Gasteiger partial charge in [0.15, 0.2) is 16.1 Å². The normalized spacial score (nSPS) is 10.6. The number of anilines is 1. The molecular weight excluding hydrogens is 518 g/mol. The van der Waals surface area contributed by atoms with Crippen LogP contribution in [0, 0.1) is 10.1 Å². The molecule has 37 heavy (non-hydrogen) atoms. The quantitative estimate of drug-likeness (QED) is 0.165. The number of rotatable bonds is 11. The van der Waals surface area contributed by atoms with Crippen molar-refractivity contribution < 1.29 is 19.2 Å². The zero-order chi connectivity index (χ0) is 26.2. The number of amides is 2. The van der Waals surface area contributed by atoms with Crippen LogP contribution in [0.15, 0.2) is 65.3 Å². The molecule has 4 aromatic rings. The Hall–Kier alpha value is -4.30. The van der Waals surface area contributed by atoms with E-state index in [9.17, 15) is 19.7 Å². The molecule has 0 bridgehead atoms. The van der Waals surface area contributed by atoms with Crippen LogP contribution in [0.5, 0.6) is 5.75 Å². The number of carbonyl (C=O) groups excluding carboxylic acids is 2. The van der Waals surface area contributed by atoms with Gasteiger partial charge < -0.3 is 15.4 Å². The first-order chi connectivity index (χ1) is 17.9. The number of benzene rings is 2. The van der Waals surface area contributed by atoms with Gasteiger partial charge in [0.05, 0.1) is 23.8 Å². The zero-order valence-electron chi connectivity index (χ0n) is 19.5. The number of nitrogens with one attached hydrogen (secondary N) is 2. The summed E-state index contributed by atoms with van der Waals surface area (Å²) >= 11 is 2.51.